The standard InChI is InChI=1S/C17H15ClN4OS/c1-11-6-8-12(9-7-11)22-16(13-4-2-3-5-14(13)18)20-21-17(22)24-10-15(19)23/h2-9H,10H2,1H3,(H2,19,23). The largest absolute Gasteiger partial charge is 0.369 e. The van der Waals surface area contributed by atoms with Crippen LogP contribution in [-0.2, 0) is 4.79 Å². The topological polar surface area (TPSA) is 73.8 Å². The minimum atomic E-state index is -0.405. The van der Waals surface area contributed by atoms with E-state index in [0.29, 0.717) is 16.0 Å². The van der Waals surface area contributed by atoms with E-state index in [0.717, 1.165) is 16.8 Å². The van der Waals surface area contributed by atoms with E-state index >= 15 is 0 Å². The second-order valence-corrected chi connectivity index (χ2v) is 6.56. The first-order valence-corrected chi connectivity index (χ1v) is 8.61. The maximum atomic E-state index is 11.1. The summed E-state index contributed by atoms with van der Waals surface area (Å²) in [6.07, 6.45) is 0. The number of aryl methyl sites for hydroxylation is 1. The van der Waals surface area contributed by atoms with Gasteiger partial charge in [-0.15, -0.1) is 10.2 Å². The van der Waals surface area contributed by atoms with Gasteiger partial charge in [0.05, 0.1) is 10.8 Å². The van der Waals surface area contributed by atoms with Crippen LogP contribution in [0.4, 0.5) is 0 Å². The fourth-order valence-corrected chi connectivity index (χ4v) is 3.15. The van der Waals surface area contributed by atoms with Gasteiger partial charge in [0.15, 0.2) is 11.0 Å². The van der Waals surface area contributed by atoms with Crippen LogP contribution >= 0.6 is 23.4 Å². The summed E-state index contributed by atoms with van der Waals surface area (Å²) in [5.74, 6) is 0.348. The molecule has 0 bridgehead atoms. The molecule has 122 valence electrons. The number of thioether (sulfide) groups is 1. The highest BCUT2D eigenvalue weighted by Crippen LogP contribution is 2.31. The maximum absolute atomic E-state index is 11.1. The molecular weight excluding hydrogens is 344 g/mol. The molecule has 0 aliphatic rings. The van der Waals surface area contributed by atoms with Crippen LogP contribution in [0, 0.1) is 6.92 Å². The highest BCUT2D eigenvalue weighted by atomic mass is 35.5. The van der Waals surface area contributed by atoms with Crippen molar-refractivity contribution < 1.29 is 4.79 Å². The Balaban J connectivity index is 2.14. The van der Waals surface area contributed by atoms with Crippen molar-refractivity contribution >= 4 is 29.3 Å². The Labute approximate surface area is 148 Å². The molecule has 24 heavy (non-hydrogen) atoms. The van der Waals surface area contributed by atoms with Crippen molar-refractivity contribution in [1.82, 2.24) is 14.8 Å². The van der Waals surface area contributed by atoms with Gasteiger partial charge in [0.2, 0.25) is 5.91 Å². The van der Waals surface area contributed by atoms with Gasteiger partial charge >= 0.3 is 0 Å². The SMILES string of the molecule is Cc1ccc(-n2c(SCC(N)=O)nnc2-c2ccccc2Cl)cc1. The normalized spacial score (nSPS) is 10.8. The average Bonchev–Trinajstić information content (AvgIpc) is 2.98. The number of carbonyl (C=O) groups is 1. The Morgan fingerprint density at radius 2 is 1.88 bits per heavy atom. The zero-order valence-corrected chi connectivity index (χ0v) is 14.5. The summed E-state index contributed by atoms with van der Waals surface area (Å²) in [5, 5.41) is 9.67. The van der Waals surface area contributed by atoms with Gasteiger partial charge in [0.1, 0.15) is 0 Å². The highest BCUT2D eigenvalue weighted by molar-refractivity contribution is 7.99. The van der Waals surface area contributed by atoms with Crippen LogP contribution in [0.3, 0.4) is 0 Å². The van der Waals surface area contributed by atoms with Crippen LogP contribution in [0.1, 0.15) is 5.56 Å². The number of benzene rings is 2. The van der Waals surface area contributed by atoms with E-state index < -0.39 is 5.91 Å². The quantitative estimate of drug-likeness (QED) is 0.709. The minimum Gasteiger partial charge on any atom is -0.369 e. The monoisotopic (exact) mass is 358 g/mol. The lowest BCUT2D eigenvalue weighted by Gasteiger charge is -2.11. The lowest BCUT2D eigenvalue weighted by atomic mass is 10.2. The summed E-state index contributed by atoms with van der Waals surface area (Å²) in [6, 6.07) is 15.4. The molecule has 0 saturated carbocycles. The van der Waals surface area contributed by atoms with Gasteiger partial charge in [-0.3, -0.25) is 9.36 Å². The first-order valence-electron chi connectivity index (χ1n) is 7.24. The molecule has 1 heterocycles. The first-order chi connectivity index (χ1) is 11.6. The van der Waals surface area contributed by atoms with E-state index in [1.54, 1.807) is 6.07 Å². The van der Waals surface area contributed by atoms with E-state index in [9.17, 15) is 4.79 Å². The van der Waals surface area contributed by atoms with Crippen molar-refractivity contribution in [3.8, 4) is 17.1 Å². The summed E-state index contributed by atoms with van der Waals surface area (Å²) in [6.45, 7) is 2.02. The van der Waals surface area contributed by atoms with Crippen LogP contribution in [0.15, 0.2) is 53.7 Å². The molecule has 0 spiro atoms. The van der Waals surface area contributed by atoms with Gasteiger partial charge in [-0.05, 0) is 31.2 Å². The summed E-state index contributed by atoms with van der Waals surface area (Å²) in [5.41, 5.74) is 8.07. The van der Waals surface area contributed by atoms with Crippen molar-refractivity contribution in [1.29, 1.82) is 0 Å². The van der Waals surface area contributed by atoms with E-state index in [1.807, 2.05) is 54.0 Å². The van der Waals surface area contributed by atoms with Crippen molar-refractivity contribution in [2.45, 2.75) is 12.1 Å². The third kappa shape index (κ3) is 3.44. The lowest BCUT2D eigenvalue weighted by Crippen LogP contribution is -2.13. The van der Waals surface area contributed by atoms with E-state index in [1.165, 1.54) is 11.8 Å². The number of nitrogens with two attached hydrogens (primary N) is 1. The molecule has 0 aliphatic heterocycles. The van der Waals surface area contributed by atoms with Crippen LogP contribution < -0.4 is 5.73 Å². The number of hydrogen-bond donors (Lipinski definition) is 1. The molecule has 1 aromatic heterocycles. The molecule has 3 rings (SSSR count). The zero-order chi connectivity index (χ0) is 17.1. The maximum Gasteiger partial charge on any atom is 0.227 e. The van der Waals surface area contributed by atoms with E-state index in [2.05, 4.69) is 10.2 Å². The average molecular weight is 359 g/mol. The number of primary amides is 1. The molecule has 2 aromatic carbocycles. The molecule has 0 aliphatic carbocycles. The lowest BCUT2D eigenvalue weighted by molar-refractivity contribution is -0.115. The number of rotatable bonds is 5. The van der Waals surface area contributed by atoms with E-state index in [4.69, 9.17) is 17.3 Å². The van der Waals surface area contributed by atoms with E-state index in [-0.39, 0.29) is 5.75 Å². The van der Waals surface area contributed by atoms with Crippen molar-refractivity contribution in [3.63, 3.8) is 0 Å². The number of nitrogens with zero attached hydrogens (tertiary/aromatic N) is 3. The van der Waals surface area contributed by atoms with Crippen LogP contribution in [0.2, 0.25) is 5.02 Å². The molecule has 0 unspecified atom stereocenters. The summed E-state index contributed by atoms with van der Waals surface area (Å²) in [4.78, 5) is 11.1. The zero-order valence-electron chi connectivity index (χ0n) is 12.9. The molecular formula is C17H15ClN4OS. The Kier molecular flexibility index (Phi) is 4.87. The second-order valence-electron chi connectivity index (χ2n) is 5.21. The Hall–Kier alpha value is -2.31. The van der Waals surface area contributed by atoms with Gasteiger partial charge < -0.3 is 5.73 Å². The highest BCUT2D eigenvalue weighted by Gasteiger charge is 2.18. The van der Waals surface area contributed by atoms with Crippen molar-refractivity contribution in [2.75, 3.05) is 5.75 Å². The number of amides is 1. The van der Waals surface area contributed by atoms with Gasteiger partial charge in [0.25, 0.3) is 0 Å². The summed E-state index contributed by atoms with van der Waals surface area (Å²) < 4.78 is 1.88. The van der Waals surface area contributed by atoms with Gasteiger partial charge in [0, 0.05) is 11.3 Å². The van der Waals surface area contributed by atoms with Crippen LogP contribution in [-0.4, -0.2) is 26.4 Å². The first kappa shape index (κ1) is 16.5. The molecule has 2 N–H and O–H groups in total. The predicted molar refractivity (Wildman–Crippen MR) is 96.5 cm³/mol. The van der Waals surface area contributed by atoms with Crippen molar-refractivity contribution in [3.05, 3.63) is 59.1 Å². The number of hydrogen-bond acceptors (Lipinski definition) is 4. The van der Waals surface area contributed by atoms with Crippen LogP contribution in [0.5, 0.6) is 0 Å². The second kappa shape index (κ2) is 7.07. The predicted octanol–water partition coefficient (Wildman–Crippen LogP) is 3.47. The Bertz CT molecular complexity index is 877. The third-order valence-electron chi connectivity index (χ3n) is 3.38. The molecule has 5 nitrogen and oxygen atoms in total. The van der Waals surface area contributed by atoms with Crippen molar-refractivity contribution in [2.24, 2.45) is 5.73 Å². The smallest absolute Gasteiger partial charge is 0.227 e. The fourth-order valence-electron chi connectivity index (χ4n) is 2.24. The Morgan fingerprint density at radius 1 is 1.17 bits per heavy atom. The molecule has 0 saturated heterocycles. The molecule has 0 radical (unpaired) electrons. The number of carbonyl (C=O) groups excluding carboxylic acids is 1. The Morgan fingerprint density at radius 3 is 2.54 bits per heavy atom. The molecule has 0 fully saturated rings. The molecule has 7 heteroatoms. The minimum absolute atomic E-state index is 0.131. The number of aromatic nitrogens is 3. The molecule has 1 amide bonds. The van der Waals surface area contributed by atoms with Gasteiger partial charge in [-0.25, -0.2) is 0 Å². The number of halogens is 1. The van der Waals surface area contributed by atoms with Crippen LogP contribution in [0.25, 0.3) is 17.1 Å². The fraction of sp³-hybridized carbons (Fsp3) is 0.118. The molecule has 0 atom stereocenters. The molecule has 3 aromatic rings. The summed E-state index contributed by atoms with van der Waals surface area (Å²) in [7, 11) is 0. The third-order valence-corrected chi connectivity index (χ3v) is 4.66. The van der Waals surface area contributed by atoms with Gasteiger partial charge in [-0.2, -0.15) is 0 Å². The summed E-state index contributed by atoms with van der Waals surface area (Å²) >= 11 is 7.57. The van der Waals surface area contributed by atoms with Gasteiger partial charge in [-0.1, -0.05) is 53.2 Å².